The number of nitrogens with zero attached hydrogens (tertiary/aromatic N) is 1. The first-order valence-corrected chi connectivity index (χ1v) is 12.4. The maximum atomic E-state index is 12.3. The maximum absolute atomic E-state index is 12.3. The number of ether oxygens (including phenoxy) is 1. The van der Waals surface area contributed by atoms with E-state index in [0.29, 0.717) is 19.0 Å². The van der Waals surface area contributed by atoms with Crippen LogP contribution < -0.4 is 19.7 Å². The highest BCUT2D eigenvalue weighted by atomic mass is 32.2. The van der Waals surface area contributed by atoms with Gasteiger partial charge < -0.3 is 15.4 Å². The number of fused-ring (bicyclic) bond motifs is 1. The van der Waals surface area contributed by atoms with E-state index in [1.54, 1.807) is 11.4 Å². The molecule has 2 N–H and O–H groups in total. The molecule has 0 bridgehead atoms. The van der Waals surface area contributed by atoms with E-state index in [4.69, 9.17) is 4.74 Å². The van der Waals surface area contributed by atoms with Crippen LogP contribution in [0.1, 0.15) is 42.5 Å². The Morgan fingerprint density at radius 1 is 1.23 bits per heavy atom. The topological polar surface area (TPSA) is 70.7 Å². The Labute approximate surface area is 179 Å². The summed E-state index contributed by atoms with van der Waals surface area (Å²) in [5.41, 5.74) is 4.07. The van der Waals surface area contributed by atoms with Crippen LogP contribution in [0.25, 0.3) is 0 Å². The molecular formula is C23H31N3O3S. The van der Waals surface area contributed by atoms with Crippen LogP contribution in [0.5, 0.6) is 5.75 Å². The minimum Gasteiger partial charge on any atom is -0.496 e. The van der Waals surface area contributed by atoms with Crippen LogP contribution in [-0.2, 0) is 23.0 Å². The van der Waals surface area contributed by atoms with Crippen molar-refractivity contribution in [3.05, 3.63) is 59.2 Å². The summed E-state index contributed by atoms with van der Waals surface area (Å²) in [6.45, 7) is 3.59. The van der Waals surface area contributed by atoms with Gasteiger partial charge in [-0.3, -0.25) is 4.31 Å². The second kappa shape index (κ2) is 8.57. The molecule has 2 aliphatic rings. The van der Waals surface area contributed by atoms with Gasteiger partial charge in [0.25, 0.3) is 0 Å². The highest BCUT2D eigenvalue weighted by Crippen LogP contribution is 2.38. The molecular weight excluding hydrogens is 398 g/mol. The molecule has 2 heterocycles. The molecule has 30 heavy (non-hydrogen) atoms. The van der Waals surface area contributed by atoms with Gasteiger partial charge in [-0.1, -0.05) is 30.3 Å². The van der Waals surface area contributed by atoms with E-state index in [2.05, 4.69) is 34.9 Å². The van der Waals surface area contributed by atoms with Gasteiger partial charge in [0.2, 0.25) is 10.0 Å². The molecule has 1 unspecified atom stereocenters. The Morgan fingerprint density at radius 2 is 2.00 bits per heavy atom. The van der Waals surface area contributed by atoms with Crippen molar-refractivity contribution in [3.8, 4) is 5.75 Å². The van der Waals surface area contributed by atoms with Crippen LogP contribution in [0.4, 0.5) is 5.69 Å². The lowest BCUT2D eigenvalue weighted by atomic mass is 9.92. The second-order valence-corrected chi connectivity index (χ2v) is 10.2. The van der Waals surface area contributed by atoms with Crippen molar-refractivity contribution in [2.24, 2.45) is 0 Å². The number of anilines is 1. The molecule has 6 nitrogen and oxygen atoms in total. The largest absolute Gasteiger partial charge is 0.496 e. The molecule has 1 fully saturated rings. The summed E-state index contributed by atoms with van der Waals surface area (Å²) in [5.74, 6) is 0.809. The molecule has 0 radical (unpaired) electrons. The predicted octanol–water partition coefficient (Wildman–Crippen LogP) is 2.99. The van der Waals surface area contributed by atoms with Crippen molar-refractivity contribution in [1.82, 2.24) is 10.6 Å². The van der Waals surface area contributed by atoms with E-state index in [0.717, 1.165) is 42.0 Å². The average molecular weight is 430 g/mol. The Bertz CT molecular complexity index is 994. The molecule has 2 aliphatic heterocycles. The maximum Gasteiger partial charge on any atom is 0.232 e. The van der Waals surface area contributed by atoms with Crippen molar-refractivity contribution in [2.45, 2.75) is 50.9 Å². The van der Waals surface area contributed by atoms with E-state index in [1.165, 1.54) is 11.8 Å². The van der Waals surface area contributed by atoms with Crippen molar-refractivity contribution in [2.75, 3.05) is 24.2 Å². The zero-order valence-electron chi connectivity index (χ0n) is 17.9. The summed E-state index contributed by atoms with van der Waals surface area (Å²) in [5, 5.41) is 7.35. The van der Waals surface area contributed by atoms with E-state index in [-0.39, 0.29) is 12.1 Å². The summed E-state index contributed by atoms with van der Waals surface area (Å²) in [6, 6.07) is 15.0. The van der Waals surface area contributed by atoms with Crippen LogP contribution >= 0.6 is 0 Å². The average Bonchev–Trinajstić information content (AvgIpc) is 3.07. The van der Waals surface area contributed by atoms with E-state index >= 15 is 0 Å². The number of hydrogen-bond donors (Lipinski definition) is 2. The number of hydrogen-bond acceptors (Lipinski definition) is 5. The molecule has 2 aromatic rings. The minimum atomic E-state index is -3.32. The second-order valence-electron chi connectivity index (χ2n) is 8.38. The predicted molar refractivity (Wildman–Crippen MR) is 121 cm³/mol. The fraction of sp³-hybridized carbons (Fsp3) is 0.478. The normalized spacial score (nSPS) is 24.0. The van der Waals surface area contributed by atoms with Gasteiger partial charge in [0.05, 0.1) is 19.1 Å². The molecule has 0 amide bonds. The molecule has 1 saturated heterocycles. The zero-order valence-corrected chi connectivity index (χ0v) is 18.7. The third-order valence-electron chi connectivity index (χ3n) is 6.16. The SMILES string of the molecule is COc1cc2c(cc1CN[C@H]1CCCN[C@H]1c1ccccc1)N(S(C)(=O)=O)C(C)C2. The van der Waals surface area contributed by atoms with Gasteiger partial charge in [0.1, 0.15) is 5.75 Å². The van der Waals surface area contributed by atoms with Crippen LogP contribution in [0.15, 0.2) is 42.5 Å². The van der Waals surface area contributed by atoms with Gasteiger partial charge in [0, 0.05) is 30.2 Å². The molecule has 4 rings (SSSR count). The molecule has 3 atom stereocenters. The van der Waals surface area contributed by atoms with Crippen molar-refractivity contribution in [3.63, 3.8) is 0 Å². The Balaban J connectivity index is 1.58. The molecule has 0 spiro atoms. The summed E-state index contributed by atoms with van der Waals surface area (Å²) in [6.07, 6.45) is 4.20. The quantitative estimate of drug-likeness (QED) is 0.739. The molecule has 0 aliphatic carbocycles. The number of piperidine rings is 1. The lowest BCUT2D eigenvalue weighted by Crippen LogP contribution is -2.45. The summed E-state index contributed by atoms with van der Waals surface area (Å²) < 4.78 is 31.9. The zero-order chi connectivity index (χ0) is 21.3. The third kappa shape index (κ3) is 4.19. The molecule has 7 heteroatoms. The summed E-state index contributed by atoms with van der Waals surface area (Å²) in [4.78, 5) is 0. The first-order chi connectivity index (χ1) is 14.4. The van der Waals surface area contributed by atoms with Crippen LogP contribution in [0, 0.1) is 0 Å². The Hall–Kier alpha value is -2.09. The van der Waals surface area contributed by atoms with Crippen LogP contribution in [0.2, 0.25) is 0 Å². The smallest absolute Gasteiger partial charge is 0.232 e. The summed E-state index contributed by atoms with van der Waals surface area (Å²) >= 11 is 0. The minimum absolute atomic E-state index is 0.0760. The molecule has 0 aromatic heterocycles. The molecule has 0 saturated carbocycles. The van der Waals surface area contributed by atoms with Gasteiger partial charge in [0.15, 0.2) is 0 Å². The van der Waals surface area contributed by atoms with Crippen LogP contribution in [-0.4, -0.2) is 40.4 Å². The Morgan fingerprint density at radius 3 is 2.70 bits per heavy atom. The monoisotopic (exact) mass is 429 g/mol. The fourth-order valence-electron chi connectivity index (χ4n) is 4.85. The van der Waals surface area contributed by atoms with Gasteiger partial charge >= 0.3 is 0 Å². The molecule has 2 aromatic carbocycles. The van der Waals surface area contributed by atoms with Gasteiger partial charge in [-0.25, -0.2) is 8.42 Å². The number of nitrogens with one attached hydrogen (secondary N) is 2. The van der Waals surface area contributed by atoms with Gasteiger partial charge in [-0.05, 0) is 56.0 Å². The van der Waals surface area contributed by atoms with Gasteiger partial charge in [-0.2, -0.15) is 0 Å². The first-order valence-electron chi connectivity index (χ1n) is 10.6. The lowest BCUT2D eigenvalue weighted by Gasteiger charge is -2.34. The van der Waals surface area contributed by atoms with Crippen molar-refractivity contribution in [1.29, 1.82) is 0 Å². The first kappa shape index (κ1) is 21.2. The standard InChI is InChI=1S/C23H31N3O3S/c1-16-12-18-14-22(29-2)19(13-21(18)26(16)30(3,27)28)15-25-20-10-7-11-24-23(20)17-8-5-4-6-9-17/h4-6,8-9,13-14,16,20,23-25H,7,10-12,15H2,1-3H3/t16?,20-,23-/m0/s1. The van der Waals surface area contributed by atoms with Crippen molar-refractivity contribution < 1.29 is 13.2 Å². The highest BCUT2D eigenvalue weighted by Gasteiger charge is 2.34. The Kier molecular flexibility index (Phi) is 6.04. The van der Waals surface area contributed by atoms with E-state index in [9.17, 15) is 8.42 Å². The summed E-state index contributed by atoms with van der Waals surface area (Å²) in [7, 11) is -1.65. The number of methoxy groups -OCH3 is 1. The number of rotatable bonds is 6. The lowest BCUT2D eigenvalue weighted by molar-refractivity contribution is 0.303. The van der Waals surface area contributed by atoms with Crippen LogP contribution in [0.3, 0.4) is 0 Å². The fourth-order valence-corrected chi connectivity index (χ4v) is 6.11. The van der Waals surface area contributed by atoms with E-state index < -0.39 is 10.0 Å². The van der Waals surface area contributed by atoms with Crippen molar-refractivity contribution >= 4 is 15.7 Å². The number of sulfonamides is 1. The number of benzene rings is 2. The third-order valence-corrected chi connectivity index (χ3v) is 7.44. The molecule has 162 valence electrons. The van der Waals surface area contributed by atoms with E-state index in [1.807, 2.05) is 25.1 Å². The highest BCUT2D eigenvalue weighted by molar-refractivity contribution is 7.92. The van der Waals surface area contributed by atoms with Gasteiger partial charge in [-0.15, -0.1) is 0 Å².